The number of rotatable bonds is 3. The molecule has 0 aliphatic rings. The Balaban J connectivity index is 2.51. The predicted octanol–water partition coefficient (Wildman–Crippen LogP) is 2.87. The first kappa shape index (κ1) is 13.1. The largest absolute Gasteiger partial charge is 0.443 e. The molecule has 1 aromatic carbocycles. The van der Waals surface area contributed by atoms with Gasteiger partial charge in [0.25, 0.3) is 0 Å². The monoisotopic (exact) mass is 232 g/mol. The average Bonchev–Trinajstić information content (AvgIpc) is 2.36. The maximum absolute atomic E-state index is 11.4. The van der Waals surface area contributed by atoms with Gasteiger partial charge in [0.2, 0.25) is 0 Å². The molecule has 0 saturated carbocycles. The molecule has 0 aliphatic heterocycles. The summed E-state index contributed by atoms with van der Waals surface area (Å²) in [6, 6.07) is 9.48. The van der Waals surface area contributed by atoms with Crippen LogP contribution in [0.25, 0.3) is 0 Å². The van der Waals surface area contributed by atoms with E-state index in [1.54, 1.807) is 20.9 Å². The highest BCUT2D eigenvalue weighted by molar-refractivity contribution is 6.41. The van der Waals surface area contributed by atoms with Crippen molar-refractivity contribution in [3.63, 3.8) is 0 Å². The number of nitrogens with zero attached hydrogens (tertiary/aromatic N) is 2. The number of hydrogen-bond acceptors (Lipinski definition) is 3. The van der Waals surface area contributed by atoms with Gasteiger partial charge in [0.15, 0.2) is 0 Å². The van der Waals surface area contributed by atoms with E-state index in [0.717, 1.165) is 11.3 Å². The van der Waals surface area contributed by atoms with E-state index in [2.05, 4.69) is 9.98 Å². The Morgan fingerprint density at radius 1 is 1.18 bits per heavy atom. The third-order valence-electron chi connectivity index (χ3n) is 2.32. The number of carbonyl (C=O) groups is 1. The van der Waals surface area contributed by atoms with Crippen LogP contribution in [0.4, 0.5) is 4.79 Å². The zero-order valence-electron chi connectivity index (χ0n) is 10.3. The molecule has 0 heterocycles. The third-order valence-corrected chi connectivity index (χ3v) is 2.32. The van der Waals surface area contributed by atoms with E-state index in [1.807, 2.05) is 30.3 Å². The first-order valence-electron chi connectivity index (χ1n) is 5.33. The first-order valence-corrected chi connectivity index (χ1v) is 5.33. The number of aliphatic imine (C=N–C) groups is 2. The van der Waals surface area contributed by atoms with Crippen LogP contribution in [0.2, 0.25) is 0 Å². The second kappa shape index (κ2) is 6.58. The summed E-state index contributed by atoms with van der Waals surface area (Å²) in [6.07, 6.45) is -0.589. The van der Waals surface area contributed by atoms with E-state index in [0.29, 0.717) is 5.71 Å². The summed E-state index contributed by atoms with van der Waals surface area (Å²) in [5.41, 5.74) is 2.24. The van der Waals surface area contributed by atoms with Crippen molar-refractivity contribution >= 4 is 17.5 Å². The van der Waals surface area contributed by atoms with Crippen molar-refractivity contribution in [2.45, 2.75) is 20.5 Å². The van der Waals surface area contributed by atoms with Crippen molar-refractivity contribution < 1.29 is 9.53 Å². The van der Waals surface area contributed by atoms with Crippen LogP contribution in [0.1, 0.15) is 19.4 Å². The highest BCUT2D eigenvalue weighted by Gasteiger charge is 2.03. The van der Waals surface area contributed by atoms with Crippen molar-refractivity contribution in [2.75, 3.05) is 7.05 Å². The molecule has 0 spiro atoms. The van der Waals surface area contributed by atoms with Crippen LogP contribution in [0.3, 0.4) is 0 Å². The highest BCUT2D eigenvalue weighted by Crippen LogP contribution is 2.01. The van der Waals surface area contributed by atoms with Gasteiger partial charge in [-0.05, 0) is 19.4 Å². The zero-order chi connectivity index (χ0) is 12.7. The van der Waals surface area contributed by atoms with Crippen LogP contribution < -0.4 is 0 Å². The summed E-state index contributed by atoms with van der Waals surface area (Å²) in [7, 11) is 1.66. The van der Waals surface area contributed by atoms with E-state index in [-0.39, 0.29) is 6.61 Å². The minimum absolute atomic E-state index is 0.235. The lowest BCUT2D eigenvalue weighted by Gasteiger charge is -2.02. The molecule has 90 valence electrons. The summed E-state index contributed by atoms with van der Waals surface area (Å²) < 4.78 is 5.01. The minimum Gasteiger partial charge on any atom is -0.443 e. The van der Waals surface area contributed by atoms with E-state index >= 15 is 0 Å². The molecule has 4 nitrogen and oxygen atoms in total. The third kappa shape index (κ3) is 4.59. The van der Waals surface area contributed by atoms with Crippen molar-refractivity contribution in [3.8, 4) is 0 Å². The number of hydrogen-bond donors (Lipinski definition) is 0. The molecule has 0 saturated heterocycles. The quantitative estimate of drug-likeness (QED) is 0.752. The lowest BCUT2D eigenvalue weighted by atomic mass is 10.2. The molecule has 0 bridgehead atoms. The van der Waals surface area contributed by atoms with Crippen LogP contribution in [0.15, 0.2) is 40.3 Å². The van der Waals surface area contributed by atoms with Crippen LogP contribution in [-0.2, 0) is 11.3 Å². The van der Waals surface area contributed by atoms with Gasteiger partial charge in [0, 0.05) is 7.05 Å². The zero-order valence-corrected chi connectivity index (χ0v) is 10.3. The van der Waals surface area contributed by atoms with Crippen molar-refractivity contribution in [1.82, 2.24) is 0 Å². The summed E-state index contributed by atoms with van der Waals surface area (Å²) >= 11 is 0. The van der Waals surface area contributed by atoms with Crippen molar-refractivity contribution in [3.05, 3.63) is 35.9 Å². The maximum Gasteiger partial charge on any atom is 0.434 e. The van der Waals surface area contributed by atoms with Gasteiger partial charge in [0.05, 0.1) is 11.4 Å². The van der Waals surface area contributed by atoms with Gasteiger partial charge in [-0.2, -0.15) is 4.99 Å². The molecule has 17 heavy (non-hydrogen) atoms. The van der Waals surface area contributed by atoms with Crippen molar-refractivity contribution in [2.24, 2.45) is 9.98 Å². The molecular formula is C13H16N2O2. The molecule has 0 aliphatic carbocycles. The minimum atomic E-state index is -0.589. The normalized spacial score (nSPS) is 12.4. The van der Waals surface area contributed by atoms with Gasteiger partial charge in [-0.15, -0.1) is 0 Å². The maximum atomic E-state index is 11.4. The Kier molecular flexibility index (Phi) is 5.07. The van der Waals surface area contributed by atoms with Gasteiger partial charge >= 0.3 is 6.09 Å². The average molecular weight is 232 g/mol. The lowest BCUT2D eigenvalue weighted by molar-refractivity contribution is 0.151. The molecule has 0 aromatic heterocycles. The SMILES string of the molecule is C/N=C(C)/C(C)=N/C(=O)OCc1ccccc1. The summed E-state index contributed by atoms with van der Waals surface area (Å²) in [4.78, 5) is 19.1. The molecule has 0 radical (unpaired) electrons. The molecule has 4 heteroatoms. The number of ether oxygens (including phenoxy) is 1. The van der Waals surface area contributed by atoms with Gasteiger partial charge in [-0.1, -0.05) is 30.3 Å². The Morgan fingerprint density at radius 3 is 2.41 bits per heavy atom. The van der Waals surface area contributed by atoms with Crippen LogP contribution in [0, 0.1) is 0 Å². The Morgan fingerprint density at radius 2 is 1.82 bits per heavy atom. The smallest absolute Gasteiger partial charge is 0.434 e. The van der Waals surface area contributed by atoms with Gasteiger partial charge < -0.3 is 4.74 Å². The standard InChI is InChI=1S/C13H16N2O2/c1-10(14-3)11(2)15-13(16)17-9-12-7-5-4-6-8-12/h4-8H,9H2,1-3H3/b14-10+,15-11+. The molecule has 0 unspecified atom stereocenters. The second-order valence-electron chi connectivity index (χ2n) is 3.55. The summed E-state index contributed by atoms with van der Waals surface area (Å²) in [5.74, 6) is 0. The van der Waals surface area contributed by atoms with E-state index < -0.39 is 6.09 Å². The number of carbonyl (C=O) groups excluding carboxylic acids is 1. The molecule has 0 atom stereocenters. The molecular weight excluding hydrogens is 216 g/mol. The lowest BCUT2D eigenvalue weighted by Crippen LogP contribution is -2.09. The molecule has 1 amide bonds. The number of amides is 1. The van der Waals surface area contributed by atoms with E-state index in [4.69, 9.17) is 4.74 Å². The van der Waals surface area contributed by atoms with Gasteiger partial charge in [-0.3, -0.25) is 4.99 Å². The highest BCUT2D eigenvalue weighted by atomic mass is 16.5. The predicted molar refractivity (Wildman–Crippen MR) is 68.8 cm³/mol. The van der Waals surface area contributed by atoms with E-state index in [1.165, 1.54) is 0 Å². The van der Waals surface area contributed by atoms with E-state index in [9.17, 15) is 4.79 Å². The fourth-order valence-corrected chi connectivity index (χ4v) is 1.13. The fraction of sp³-hybridized carbons (Fsp3) is 0.308. The second-order valence-corrected chi connectivity index (χ2v) is 3.55. The summed E-state index contributed by atoms with van der Waals surface area (Å²) in [6.45, 7) is 3.76. The van der Waals surface area contributed by atoms with Gasteiger partial charge in [0.1, 0.15) is 6.61 Å². The van der Waals surface area contributed by atoms with Gasteiger partial charge in [-0.25, -0.2) is 4.79 Å². The fourth-order valence-electron chi connectivity index (χ4n) is 1.13. The van der Waals surface area contributed by atoms with Crippen LogP contribution in [0.5, 0.6) is 0 Å². The number of benzene rings is 1. The van der Waals surface area contributed by atoms with Crippen LogP contribution >= 0.6 is 0 Å². The Hall–Kier alpha value is -1.97. The Bertz CT molecular complexity index is 436. The molecule has 1 aromatic rings. The van der Waals surface area contributed by atoms with Crippen molar-refractivity contribution in [1.29, 1.82) is 0 Å². The Labute approximate surface area is 101 Å². The summed E-state index contributed by atoms with van der Waals surface area (Å²) in [5, 5.41) is 0. The molecule has 1 rings (SSSR count). The molecule has 0 fully saturated rings. The molecule has 0 N–H and O–H groups in total. The topological polar surface area (TPSA) is 51.0 Å². The first-order chi connectivity index (χ1) is 8.13. The van der Waals surface area contributed by atoms with Crippen LogP contribution in [-0.4, -0.2) is 24.6 Å².